The molecule has 0 unspecified atom stereocenters. The molecule has 8 nitrogen and oxygen atoms in total. The Balaban J connectivity index is 1.45. The summed E-state index contributed by atoms with van der Waals surface area (Å²) >= 11 is 0. The second-order valence-corrected chi connectivity index (χ2v) is 8.16. The van der Waals surface area contributed by atoms with E-state index in [2.05, 4.69) is 20.1 Å². The van der Waals surface area contributed by atoms with Crippen LogP contribution in [0.1, 0.15) is 41.4 Å². The minimum Gasteiger partial charge on any atom is -0.479 e. The summed E-state index contributed by atoms with van der Waals surface area (Å²) in [5, 5.41) is 15.8. The summed E-state index contributed by atoms with van der Waals surface area (Å²) in [6.45, 7) is 2.44. The molecule has 34 heavy (non-hydrogen) atoms. The van der Waals surface area contributed by atoms with E-state index in [0.717, 1.165) is 29.6 Å². The molecule has 10 heteroatoms. The van der Waals surface area contributed by atoms with E-state index in [0.29, 0.717) is 30.4 Å². The minimum absolute atomic E-state index is 0.116. The number of imidazole rings is 1. The molecule has 1 atom stereocenters. The fourth-order valence-electron chi connectivity index (χ4n) is 4.15. The highest BCUT2D eigenvalue weighted by Crippen LogP contribution is 2.37. The van der Waals surface area contributed by atoms with Gasteiger partial charge in [-0.1, -0.05) is 0 Å². The first-order valence-electron chi connectivity index (χ1n) is 10.7. The topological polar surface area (TPSA) is 90.9 Å². The molecular weight excluding hydrogens is 442 g/mol. The van der Waals surface area contributed by atoms with E-state index in [9.17, 15) is 13.9 Å². The molecule has 0 spiro atoms. The Morgan fingerprint density at radius 2 is 1.91 bits per heavy atom. The average molecular weight is 464 g/mol. The number of aryl methyl sites for hydroxylation is 2. The number of aromatic nitrogens is 6. The van der Waals surface area contributed by atoms with Crippen LogP contribution in [0, 0.1) is 18.6 Å². The van der Waals surface area contributed by atoms with Gasteiger partial charge < -0.3 is 14.4 Å². The van der Waals surface area contributed by atoms with Crippen molar-refractivity contribution in [2.75, 3.05) is 7.11 Å². The Morgan fingerprint density at radius 3 is 2.62 bits per heavy atom. The van der Waals surface area contributed by atoms with Gasteiger partial charge in [0, 0.05) is 18.8 Å². The third kappa shape index (κ3) is 3.96. The molecule has 0 bridgehead atoms. The number of methoxy groups -OCH3 is 1. The molecule has 5 rings (SSSR count). The number of hydrogen-bond acceptors (Lipinski definition) is 6. The molecule has 4 aromatic rings. The first-order chi connectivity index (χ1) is 16.4. The number of pyridine rings is 1. The van der Waals surface area contributed by atoms with Crippen molar-refractivity contribution < 1.29 is 18.6 Å². The number of benzene rings is 1. The number of rotatable bonds is 5. The highest BCUT2D eigenvalue weighted by Gasteiger charge is 2.40. The molecule has 0 saturated carbocycles. The van der Waals surface area contributed by atoms with Crippen molar-refractivity contribution in [3.63, 3.8) is 0 Å². The largest absolute Gasteiger partial charge is 0.479 e. The van der Waals surface area contributed by atoms with E-state index < -0.39 is 17.2 Å². The van der Waals surface area contributed by atoms with E-state index in [4.69, 9.17) is 4.74 Å². The number of fused-ring (bicyclic) bond motifs is 1. The van der Waals surface area contributed by atoms with Crippen LogP contribution in [0.15, 0.2) is 42.9 Å². The molecule has 0 amide bonds. The summed E-state index contributed by atoms with van der Waals surface area (Å²) in [5.41, 5.74) is 0.732. The van der Waals surface area contributed by atoms with Crippen LogP contribution < -0.4 is 4.74 Å². The maximum atomic E-state index is 13.8. The fraction of sp³-hybridized carbons (Fsp3) is 0.250. The van der Waals surface area contributed by atoms with Gasteiger partial charge in [0.25, 0.3) is 0 Å². The van der Waals surface area contributed by atoms with E-state index >= 15 is 0 Å². The van der Waals surface area contributed by atoms with Crippen LogP contribution in [-0.2, 0) is 12.1 Å². The Morgan fingerprint density at radius 1 is 1.12 bits per heavy atom. The Labute approximate surface area is 194 Å². The number of hydrogen-bond donors (Lipinski definition) is 1. The summed E-state index contributed by atoms with van der Waals surface area (Å²) in [7, 11) is 1.55. The van der Waals surface area contributed by atoms with Gasteiger partial charge >= 0.3 is 0 Å². The van der Waals surface area contributed by atoms with Gasteiger partial charge in [-0.3, -0.25) is 0 Å². The molecule has 3 aromatic heterocycles. The van der Waals surface area contributed by atoms with E-state index in [1.807, 2.05) is 29.8 Å². The first-order valence-corrected chi connectivity index (χ1v) is 10.7. The zero-order valence-electron chi connectivity index (χ0n) is 18.6. The zero-order valence-corrected chi connectivity index (χ0v) is 18.6. The van der Waals surface area contributed by atoms with Crippen LogP contribution in [0.4, 0.5) is 8.78 Å². The van der Waals surface area contributed by atoms with Gasteiger partial charge in [-0.2, -0.15) is 5.10 Å². The second-order valence-electron chi connectivity index (χ2n) is 8.16. The SMILES string of the molecule is COc1nc(C=Cc2nc3n(n2)CCC[C@]3(O)c2cc(F)cc(F)c2)ccc1-n1cnc(C)c1. The monoisotopic (exact) mass is 464 g/mol. The summed E-state index contributed by atoms with van der Waals surface area (Å²) < 4.78 is 36.5. The van der Waals surface area contributed by atoms with Gasteiger partial charge in [-0.15, -0.1) is 0 Å². The maximum Gasteiger partial charge on any atom is 0.238 e. The Kier molecular flexibility index (Phi) is 5.45. The smallest absolute Gasteiger partial charge is 0.238 e. The first kappa shape index (κ1) is 21.9. The number of ether oxygens (including phenoxy) is 1. The molecule has 0 fully saturated rings. The van der Waals surface area contributed by atoms with Crippen molar-refractivity contribution in [2.45, 2.75) is 31.9 Å². The van der Waals surface area contributed by atoms with E-state index in [1.54, 1.807) is 30.3 Å². The van der Waals surface area contributed by atoms with Crippen molar-refractivity contribution in [2.24, 2.45) is 0 Å². The average Bonchev–Trinajstić information content (AvgIpc) is 3.44. The fourth-order valence-corrected chi connectivity index (χ4v) is 4.15. The molecule has 1 aliphatic heterocycles. The van der Waals surface area contributed by atoms with Crippen molar-refractivity contribution in [1.29, 1.82) is 0 Å². The van der Waals surface area contributed by atoms with Crippen LogP contribution in [0.2, 0.25) is 0 Å². The third-order valence-electron chi connectivity index (χ3n) is 5.75. The zero-order chi connectivity index (χ0) is 23.9. The van der Waals surface area contributed by atoms with Gasteiger partial charge in [0.15, 0.2) is 11.6 Å². The lowest BCUT2D eigenvalue weighted by Gasteiger charge is -2.31. The number of halogens is 2. The number of nitrogens with zero attached hydrogens (tertiary/aromatic N) is 6. The second kappa shape index (κ2) is 8.45. The molecule has 0 radical (unpaired) electrons. The molecule has 4 heterocycles. The van der Waals surface area contributed by atoms with Crippen LogP contribution in [0.3, 0.4) is 0 Å². The summed E-state index contributed by atoms with van der Waals surface area (Å²) in [4.78, 5) is 13.2. The van der Waals surface area contributed by atoms with Gasteiger partial charge in [0.1, 0.15) is 22.9 Å². The predicted molar refractivity (Wildman–Crippen MR) is 120 cm³/mol. The van der Waals surface area contributed by atoms with Gasteiger partial charge in [0.2, 0.25) is 5.88 Å². The molecule has 0 saturated heterocycles. The van der Waals surface area contributed by atoms with E-state index in [-0.39, 0.29) is 17.8 Å². The molecule has 1 aromatic carbocycles. The minimum atomic E-state index is -1.63. The Hall–Kier alpha value is -3.92. The molecule has 1 N–H and O–H groups in total. The van der Waals surface area contributed by atoms with Crippen LogP contribution in [0.25, 0.3) is 17.8 Å². The number of aliphatic hydroxyl groups is 1. The van der Waals surface area contributed by atoms with Crippen molar-refractivity contribution in [3.05, 3.63) is 83.1 Å². The quantitative estimate of drug-likeness (QED) is 0.485. The normalized spacial score (nSPS) is 17.8. The lowest BCUT2D eigenvalue weighted by atomic mass is 9.86. The summed E-state index contributed by atoms with van der Waals surface area (Å²) in [5.74, 6) is -0.481. The van der Waals surface area contributed by atoms with Crippen LogP contribution in [0.5, 0.6) is 5.88 Å². The van der Waals surface area contributed by atoms with Crippen molar-refractivity contribution in [1.82, 2.24) is 29.3 Å². The Bertz CT molecular complexity index is 1380. The van der Waals surface area contributed by atoms with Crippen LogP contribution >= 0.6 is 0 Å². The van der Waals surface area contributed by atoms with Crippen molar-refractivity contribution >= 4 is 12.2 Å². The molecule has 0 aliphatic carbocycles. The summed E-state index contributed by atoms with van der Waals surface area (Å²) in [6, 6.07) is 6.72. The highest BCUT2D eigenvalue weighted by molar-refractivity contribution is 5.65. The molecular formula is C24H22F2N6O2. The summed E-state index contributed by atoms with van der Waals surface area (Å²) in [6.07, 6.45) is 7.83. The molecule has 174 valence electrons. The van der Waals surface area contributed by atoms with E-state index in [1.165, 1.54) is 0 Å². The van der Waals surface area contributed by atoms with Gasteiger partial charge in [-0.05, 0) is 61.7 Å². The predicted octanol–water partition coefficient (Wildman–Crippen LogP) is 3.65. The molecule has 1 aliphatic rings. The van der Waals surface area contributed by atoms with Gasteiger partial charge in [-0.25, -0.2) is 28.4 Å². The van der Waals surface area contributed by atoms with Crippen LogP contribution in [-0.4, -0.2) is 41.5 Å². The maximum absolute atomic E-state index is 13.8. The highest BCUT2D eigenvalue weighted by atomic mass is 19.1. The standard InChI is InChI=1S/C24H22F2N6O2/c1-15-13-31(14-27-15)20-6-4-19(28-22(20)34-2)5-7-21-29-23-24(33,8-3-9-32(23)30-21)16-10-17(25)12-18(26)11-16/h4-7,10-14,33H,3,8-9H2,1-2H3/t24-/m0/s1. The lowest BCUT2D eigenvalue weighted by Crippen LogP contribution is -2.35. The third-order valence-corrected chi connectivity index (χ3v) is 5.75. The van der Waals surface area contributed by atoms with Crippen molar-refractivity contribution in [3.8, 4) is 11.6 Å². The van der Waals surface area contributed by atoms with Gasteiger partial charge in [0.05, 0.1) is 24.8 Å². The lowest BCUT2D eigenvalue weighted by molar-refractivity contribution is 0.0389.